The molecule has 0 bridgehead atoms. The average Bonchev–Trinajstić information content (AvgIpc) is 2.78. The van der Waals surface area contributed by atoms with Crippen LogP contribution in [0.25, 0.3) is 0 Å². The molecule has 116 valence electrons. The lowest BCUT2D eigenvalue weighted by atomic mass is 10.1. The van der Waals surface area contributed by atoms with Gasteiger partial charge in [-0.05, 0) is 20.8 Å². The van der Waals surface area contributed by atoms with Crippen LogP contribution < -0.4 is 5.32 Å². The zero-order valence-corrected chi connectivity index (χ0v) is 12.8. The van der Waals surface area contributed by atoms with Crippen molar-refractivity contribution in [2.45, 2.75) is 20.8 Å². The Hall–Kier alpha value is -1.89. The van der Waals surface area contributed by atoms with Crippen molar-refractivity contribution in [1.29, 1.82) is 0 Å². The van der Waals surface area contributed by atoms with Gasteiger partial charge in [-0.15, -0.1) is 0 Å². The van der Waals surface area contributed by atoms with Crippen LogP contribution in [0.2, 0.25) is 0 Å². The molecule has 2 amide bonds. The Morgan fingerprint density at radius 3 is 2.43 bits per heavy atom. The SMILES string of the molecule is CCNC(=O)CN1CCN(C(=O)c2c(C)noc2C)CC1. The number of aryl methyl sites for hydroxylation is 2. The first-order valence-electron chi connectivity index (χ1n) is 7.24. The molecule has 2 heterocycles. The second-order valence-corrected chi connectivity index (χ2v) is 5.22. The number of nitrogens with one attached hydrogen (secondary N) is 1. The predicted molar refractivity (Wildman–Crippen MR) is 77.0 cm³/mol. The van der Waals surface area contributed by atoms with Crippen molar-refractivity contribution < 1.29 is 14.1 Å². The number of nitrogens with zero attached hydrogens (tertiary/aromatic N) is 3. The van der Waals surface area contributed by atoms with Gasteiger partial charge < -0.3 is 14.7 Å². The highest BCUT2D eigenvalue weighted by molar-refractivity contribution is 5.96. The summed E-state index contributed by atoms with van der Waals surface area (Å²) in [5, 5.41) is 6.60. The third kappa shape index (κ3) is 3.60. The fraction of sp³-hybridized carbons (Fsp3) is 0.643. The van der Waals surface area contributed by atoms with Gasteiger partial charge in [0.05, 0.1) is 12.2 Å². The lowest BCUT2D eigenvalue weighted by Gasteiger charge is -2.34. The van der Waals surface area contributed by atoms with E-state index in [1.54, 1.807) is 18.7 Å². The van der Waals surface area contributed by atoms with Gasteiger partial charge in [0.2, 0.25) is 5.91 Å². The number of carbonyl (C=O) groups is 2. The monoisotopic (exact) mass is 294 g/mol. The van der Waals surface area contributed by atoms with E-state index in [9.17, 15) is 9.59 Å². The van der Waals surface area contributed by atoms with Crippen LogP contribution >= 0.6 is 0 Å². The van der Waals surface area contributed by atoms with Crippen molar-refractivity contribution in [3.05, 3.63) is 17.0 Å². The Morgan fingerprint density at radius 1 is 1.24 bits per heavy atom. The number of piperazine rings is 1. The lowest BCUT2D eigenvalue weighted by Crippen LogP contribution is -2.51. The van der Waals surface area contributed by atoms with Crippen LogP contribution in [0.15, 0.2) is 4.52 Å². The van der Waals surface area contributed by atoms with Crippen LogP contribution in [-0.2, 0) is 4.79 Å². The molecule has 2 rings (SSSR count). The molecule has 0 atom stereocenters. The first kappa shape index (κ1) is 15.5. The minimum atomic E-state index is -0.0380. The molecule has 0 saturated carbocycles. The zero-order chi connectivity index (χ0) is 15.4. The van der Waals surface area contributed by atoms with Crippen molar-refractivity contribution in [1.82, 2.24) is 20.3 Å². The molecule has 0 spiro atoms. The standard InChI is InChI=1S/C14H22N4O3/c1-4-15-12(19)9-17-5-7-18(8-6-17)14(20)13-10(2)16-21-11(13)3/h4-9H2,1-3H3,(H,15,19). The van der Waals surface area contributed by atoms with Crippen molar-refractivity contribution in [3.63, 3.8) is 0 Å². The highest BCUT2D eigenvalue weighted by Gasteiger charge is 2.27. The Bertz CT molecular complexity index is 499. The lowest BCUT2D eigenvalue weighted by molar-refractivity contribution is -0.122. The van der Waals surface area contributed by atoms with Gasteiger partial charge in [0, 0.05) is 32.7 Å². The van der Waals surface area contributed by atoms with E-state index in [1.807, 2.05) is 6.92 Å². The summed E-state index contributed by atoms with van der Waals surface area (Å²) in [7, 11) is 0. The molecular weight excluding hydrogens is 272 g/mol. The molecule has 0 radical (unpaired) electrons. The highest BCUT2D eigenvalue weighted by Crippen LogP contribution is 2.16. The van der Waals surface area contributed by atoms with Gasteiger partial charge in [-0.3, -0.25) is 14.5 Å². The van der Waals surface area contributed by atoms with Gasteiger partial charge in [-0.1, -0.05) is 5.16 Å². The number of carbonyl (C=O) groups excluding carboxylic acids is 2. The fourth-order valence-corrected chi connectivity index (χ4v) is 2.51. The van der Waals surface area contributed by atoms with Crippen molar-refractivity contribution in [2.75, 3.05) is 39.3 Å². The molecule has 1 aromatic rings. The Balaban J connectivity index is 1.89. The molecule has 1 aliphatic rings. The van der Waals surface area contributed by atoms with Crippen molar-refractivity contribution in [3.8, 4) is 0 Å². The van der Waals surface area contributed by atoms with Crippen LogP contribution in [0.1, 0.15) is 28.7 Å². The Labute approximate surface area is 124 Å². The first-order chi connectivity index (χ1) is 10.0. The van der Waals surface area contributed by atoms with Gasteiger partial charge in [0.1, 0.15) is 11.3 Å². The molecule has 0 aliphatic carbocycles. The number of aromatic nitrogens is 1. The summed E-state index contributed by atoms with van der Waals surface area (Å²) < 4.78 is 5.05. The molecule has 7 heteroatoms. The second-order valence-electron chi connectivity index (χ2n) is 5.22. The van der Waals surface area contributed by atoms with E-state index in [0.717, 1.165) is 0 Å². The van der Waals surface area contributed by atoms with Crippen LogP contribution in [0.4, 0.5) is 0 Å². The first-order valence-corrected chi connectivity index (χ1v) is 7.24. The van der Waals surface area contributed by atoms with E-state index >= 15 is 0 Å². The van der Waals surface area contributed by atoms with E-state index in [0.29, 0.717) is 56.3 Å². The summed E-state index contributed by atoms with van der Waals surface area (Å²) in [6.07, 6.45) is 0. The maximum atomic E-state index is 12.5. The normalized spacial score (nSPS) is 16.0. The van der Waals surface area contributed by atoms with Crippen LogP contribution in [0.3, 0.4) is 0 Å². The summed E-state index contributed by atoms with van der Waals surface area (Å²) in [6, 6.07) is 0. The predicted octanol–water partition coefficient (Wildman–Crippen LogP) is 0.185. The van der Waals surface area contributed by atoms with E-state index < -0.39 is 0 Å². The van der Waals surface area contributed by atoms with Gasteiger partial charge in [-0.2, -0.15) is 0 Å². The molecule has 21 heavy (non-hydrogen) atoms. The molecule has 1 saturated heterocycles. The highest BCUT2D eigenvalue weighted by atomic mass is 16.5. The van der Waals surface area contributed by atoms with Crippen LogP contribution in [0.5, 0.6) is 0 Å². The minimum absolute atomic E-state index is 0.0306. The number of hydrogen-bond acceptors (Lipinski definition) is 5. The smallest absolute Gasteiger partial charge is 0.259 e. The summed E-state index contributed by atoms with van der Waals surface area (Å²) >= 11 is 0. The third-order valence-corrected chi connectivity index (χ3v) is 3.65. The van der Waals surface area contributed by atoms with E-state index in [1.165, 1.54) is 0 Å². The summed E-state index contributed by atoms with van der Waals surface area (Å²) in [5.41, 5.74) is 1.19. The summed E-state index contributed by atoms with van der Waals surface area (Å²) in [5.74, 6) is 0.550. The number of likely N-dealkylation sites (N-methyl/N-ethyl adjacent to an activating group) is 1. The molecule has 0 aromatic carbocycles. The van der Waals surface area contributed by atoms with E-state index in [-0.39, 0.29) is 11.8 Å². The summed E-state index contributed by atoms with van der Waals surface area (Å²) in [4.78, 5) is 27.9. The van der Waals surface area contributed by atoms with Crippen molar-refractivity contribution in [2.24, 2.45) is 0 Å². The van der Waals surface area contributed by atoms with Crippen molar-refractivity contribution >= 4 is 11.8 Å². The third-order valence-electron chi connectivity index (χ3n) is 3.65. The molecule has 1 fully saturated rings. The average molecular weight is 294 g/mol. The van der Waals surface area contributed by atoms with Gasteiger partial charge >= 0.3 is 0 Å². The molecule has 1 N–H and O–H groups in total. The van der Waals surface area contributed by atoms with Gasteiger partial charge in [-0.25, -0.2) is 0 Å². The van der Waals surface area contributed by atoms with E-state index in [4.69, 9.17) is 4.52 Å². The van der Waals surface area contributed by atoms with Gasteiger partial charge in [0.15, 0.2) is 0 Å². The van der Waals surface area contributed by atoms with Crippen LogP contribution in [0, 0.1) is 13.8 Å². The number of hydrogen-bond donors (Lipinski definition) is 1. The fourth-order valence-electron chi connectivity index (χ4n) is 2.51. The number of amides is 2. The number of rotatable bonds is 4. The molecule has 0 unspecified atom stereocenters. The quantitative estimate of drug-likeness (QED) is 0.857. The Morgan fingerprint density at radius 2 is 1.90 bits per heavy atom. The van der Waals surface area contributed by atoms with E-state index in [2.05, 4.69) is 15.4 Å². The van der Waals surface area contributed by atoms with Gasteiger partial charge in [0.25, 0.3) is 5.91 Å². The maximum Gasteiger partial charge on any atom is 0.259 e. The molecule has 1 aromatic heterocycles. The minimum Gasteiger partial charge on any atom is -0.361 e. The molecule has 7 nitrogen and oxygen atoms in total. The maximum absolute atomic E-state index is 12.5. The topological polar surface area (TPSA) is 78.7 Å². The second kappa shape index (κ2) is 6.71. The largest absolute Gasteiger partial charge is 0.361 e. The zero-order valence-electron chi connectivity index (χ0n) is 12.8. The molecular formula is C14H22N4O3. The molecule has 1 aliphatic heterocycles. The Kier molecular flexibility index (Phi) is 4.95. The summed E-state index contributed by atoms with van der Waals surface area (Å²) in [6.45, 7) is 9.08. The van der Waals surface area contributed by atoms with Crippen LogP contribution in [-0.4, -0.2) is 66.0 Å².